The molecule has 1 saturated heterocycles. The van der Waals surface area contributed by atoms with Gasteiger partial charge in [-0.15, -0.1) is 11.3 Å². The molecule has 1 aliphatic rings. The number of pyridine rings is 1. The van der Waals surface area contributed by atoms with Crippen molar-refractivity contribution in [2.24, 2.45) is 0 Å². The molecule has 1 aliphatic heterocycles. The minimum Gasteiger partial charge on any atom is -0.394 e. The van der Waals surface area contributed by atoms with Crippen molar-refractivity contribution in [3.05, 3.63) is 39.7 Å². The summed E-state index contributed by atoms with van der Waals surface area (Å²) in [4.78, 5) is 32.5. The number of fused-ring (bicyclic) bond motifs is 1. The quantitative estimate of drug-likeness (QED) is 0.442. The monoisotopic (exact) mass is 536 g/mol. The number of carbonyl (C=O) groups is 2. The lowest BCUT2D eigenvalue weighted by Crippen LogP contribution is -2.55. The molecule has 0 unspecified atom stereocenters. The van der Waals surface area contributed by atoms with E-state index in [1.807, 2.05) is 18.7 Å². The number of ether oxygens (including phenoxy) is 1. The highest BCUT2D eigenvalue weighted by atomic mass is 79.9. The summed E-state index contributed by atoms with van der Waals surface area (Å²) in [7, 11) is 0. The minimum atomic E-state index is -0.452. The zero-order valence-corrected chi connectivity index (χ0v) is 20.9. The lowest BCUT2D eigenvalue weighted by molar-refractivity contribution is -0.151. The maximum Gasteiger partial charge on any atom is 0.260 e. The molecule has 10 nitrogen and oxygen atoms in total. The predicted molar refractivity (Wildman–Crippen MR) is 129 cm³/mol. The fourth-order valence-corrected chi connectivity index (χ4v) is 5.31. The molecule has 0 aliphatic carbocycles. The topological polar surface area (TPSA) is 121 Å². The third kappa shape index (κ3) is 5.58. The van der Waals surface area contributed by atoms with Crippen molar-refractivity contribution in [1.29, 1.82) is 0 Å². The molecular formula is C21H25BrN6O4S. The van der Waals surface area contributed by atoms with Gasteiger partial charge in [0, 0.05) is 13.1 Å². The van der Waals surface area contributed by atoms with Gasteiger partial charge in [0.05, 0.1) is 69.9 Å². The smallest absolute Gasteiger partial charge is 0.260 e. The molecular weight excluding hydrogens is 512 g/mol. The van der Waals surface area contributed by atoms with E-state index < -0.39 is 5.60 Å². The van der Waals surface area contributed by atoms with Crippen LogP contribution in [-0.4, -0.2) is 74.4 Å². The first-order valence-electron chi connectivity index (χ1n) is 10.3. The normalized spacial score (nSPS) is 18.4. The average molecular weight is 537 g/mol. The van der Waals surface area contributed by atoms with Crippen LogP contribution in [0.3, 0.4) is 0 Å². The van der Waals surface area contributed by atoms with Gasteiger partial charge in [0.25, 0.3) is 5.91 Å². The summed E-state index contributed by atoms with van der Waals surface area (Å²) in [6.07, 6.45) is 4.53. The van der Waals surface area contributed by atoms with Gasteiger partial charge >= 0.3 is 0 Å². The van der Waals surface area contributed by atoms with E-state index in [0.29, 0.717) is 35.7 Å². The Morgan fingerprint density at radius 1 is 1.36 bits per heavy atom. The number of aliphatic hydroxyl groups excluding tert-OH is 1. The van der Waals surface area contributed by atoms with Crippen LogP contribution in [0.2, 0.25) is 0 Å². The minimum absolute atomic E-state index is 0.0986. The fourth-order valence-electron chi connectivity index (χ4n) is 3.87. The molecule has 0 saturated carbocycles. The van der Waals surface area contributed by atoms with Crippen molar-refractivity contribution in [3.63, 3.8) is 0 Å². The lowest BCUT2D eigenvalue weighted by atomic mass is 10.1. The first kappa shape index (κ1) is 23.8. The van der Waals surface area contributed by atoms with E-state index in [2.05, 4.69) is 36.6 Å². The van der Waals surface area contributed by atoms with Crippen molar-refractivity contribution >= 4 is 55.3 Å². The highest BCUT2D eigenvalue weighted by molar-refractivity contribution is 9.11. The van der Waals surface area contributed by atoms with Gasteiger partial charge in [-0.05, 0) is 42.8 Å². The first-order valence-corrected chi connectivity index (χ1v) is 12.0. The summed E-state index contributed by atoms with van der Waals surface area (Å²) >= 11 is 4.81. The zero-order valence-electron chi connectivity index (χ0n) is 18.5. The number of carbonyl (C=O) groups excluding carboxylic acids is 2. The summed E-state index contributed by atoms with van der Waals surface area (Å²) in [6, 6.07) is 1.68. The molecule has 3 aromatic heterocycles. The van der Waals surface area contributed by atoms with Crippen LogP contribution in [-0.2, 0) is 9.53 Å². The fraction of sp³-hybridized carbons (Fsp3) is 0.429. The Morgan fingerprint density at radius 2 is 2.15 bits per heavy atom. The SMILES string of the molecule is Cc1ncc(NC(=O)CN2C[C@@H](CO)OC(C)(C)C2)cc1NC(=O)c1cnn2cc(Br)sc12. The number of rotatable bonds is 6. The summed E-state index contributed by atoms with van der Waals surface area (Å²) < 4.78 is 8.31. The molecule has 1 fully saturated rings. The second-order valence-corrected chi connectivity index (χ2v) is 11.0. The standard InChI is InChI=1S/C21H25BrN6O4S/c1-12-16(26-19(31)15-6-24-28-8-17(22)33-20(15)28)4-13(5-23-12)25-18(30)9-27-7-14(10-29)32-21(2,3)11-27/h4-6,8,14,29H,7,9-11H2,1-3H3,(H,25,30)(H,26,31)/t14-/m0/s1. The Kier molecular flexibility index (Phi) is 6.82. The molecule has 176 valence electrons. The molecule has 0 bridgehead atoms. The van der Waals surface area contributed by atoms with Crippen LogP contribution >= 0.6 is 27.3 Å². The third-order valence-electron chi connectivity index (χ3n) is 5.15. The molecule has 1 atom stereocenters. The summed E-state index contributed by atoms with van der Waals surface area (Å²) in [5.41, 5.74) is 1.60. The Labute approximate surface area is 203 Å². The van der Waals surface area contributed by atoms with Crippen molar-refractivity contribution in [2.45, 2.75) is 32.5 Å². The maximum absolute atomic E-state index is 12.8. The molecule has 3 N–H and O–H groups in total. The Bertz CT molecular complexity index is 1190. The molecule has 4 heterocycles. The molecule has 0 aromatic carbocycles. The van der Waals surface area contributed by atoms with E-state index in [0.717, 1.165) is 8.62 Å². The Hall–Kier alpha value is -2.38. The highest BCUT2D eigenvalue weighted by Crippen LogP contribution is 2.27. The molecule has 12 heteroatoms. The van der Waals surface area contributed by atoms with Gasteiger partial charge in [-0.25, -0.2) is 4.52 Å². The first-order chi connectivity index (χ1) is 15.6. The summed E-state index contributed by atoms with van der Waals surface area (Å²) in [5, 5.41) is 19.4. The predicted octanol–water partition coefficient (Wildman–Crippen LogP) is 2.52. The van der Waals surface area contributed by atoms with Gasteiger partial charge in [-0.3, -0.25) is 19.5 Å². The lowest BCUT2D eigenvalue weighted by Gasteiger charge is -2.41. The number of thiazole rings is 1. The van der Waals surface area contributed by atoms with Crippen LogP contribution < -0.4 is 10.6 Å². The van der Waals surface area contributed by atoms with E-state index in [1.54, 1.807) is 29.9 Å². The van der Waals surface area contributed by atoms with Crippen molar-refractivity contribution in [3.8, 4) is 0 Å². The molecule has 3 aromatic rings. The van der Waals surface area contributed by atoms with Gasteiger partial charge in [0.15, 0.2) is 0 Å². The van der Waals surface area contributed by atoms with Gasteiger partial charge < -0.3 is 20.5 Å². The Balaban J connectivity index is 1.42. The van der Waals surface area contributed by atoms with Crippen LogP contribution in [0.1, 0.15) is 29.9 Å². The van der Waals surface area contributed by atoms with E-state index in [-0.39, 0.29) is 31.1 Å². The molecule has 4 rings (SSSR count). The largest absolute Gasteiger partial charge is 0.394 e. The van der Waals surface area contributed by atoms with Crippen LogP contribution in [0.25, 0.3) is 4.83 Å². The maximum atomic E-state index is 12.8. The number of amides is 2. The summed E-state index contributed by atoms with van der Waals surface area (Å²) in [6.45, 7) is 6.74. The van der Waals surface area contributed by atoms with Crippen LogP contribution in [0, 0.1) is 6.92 Å². The van der Waals surface area contributed by atoms with Gasteiger partial charge in [0.2, 0.25) is 5.91 Å². The number of aromatic nitrogens is 3. The van der Waals surface area contributed by atoms with E-state index in [9.17, 15) is 14.7 Å². The molecule has 0 radical (unpaired) electrons. The van der Waals surface area contributed by atoms with Gasteiger partial charge in [-0.1, -0.05) is 0 Å². The van der Waals surface area contributed by atoms with Crippen molar-refractivity contribution < 1.29 is 19.4 Å². The zero-order chi connectivity index (χ0) is 23.8. The third-order valence-corrected chi connectivity index (χ3v) is 6.75. The second-order valence-electron chi connectivity index (χ2n) is 8.55. The number of hydrogen-bond donors (Lipinski definition) is 3. The number of aliphatic hydroxyl groups is 1. The van der Waals surface area contributed by atoms with Crippen LogP contribution in [0.5, 0.6) is 0 Å². The van der Waals surface area contributed by atoms with Crippen molar-refractivity contribution in [2.75, 3.05) is 36.9 Å². The average Bonchev–Trinajstić information content (AvgIpc) is 3.28. The molecule has 0 spiro atoms. The number of morpholine rings is 1. The molecule has 2 amide bonds. The molecule has 33 heavy (non-hydrogen) atoms. The second kappa shape index (κ2) is 9.47. The summed E-state index contributed by atoms with van der Waals surface area (Å²) in [5.74, 6) is -0.521. The number of halogens is 1. The number of nitrogens with zero attached hydrogens (tertiary/aromatic N) is 4. The van der Waals surface area contributed by atoms with Gasteiger partial charge in [0.1, 0.15) is 4.83 Å². The van der Waals surface area contributed by atoms with Gasteiger partial charge in [-0.2, -0.15) is 5.10 Å². The van der Waals surface area contributed by atoms with E-state index >= 15 is 0 Å². The number of aryl methyl sites for hydroxylation is 1. The number of hydrogen-bond acceptors (Lipinski definition) is 8. The van der Waals surface area contributed by atoms with E-state index in [4.69, 9.17) is 4.74 Å². The number of nitrogens with one attached hydrogen (secondary N) is 2. The van der Waals surface area contributed by atoms with Crippen molar-refractivity contribution in [1.82, 2.24) is 19.5 Å². The van der Waals surface area contributed by atoms with Crippen LogP contribution in [0.15, 0.2) is 28.4 Å². The highest BCUT2D eigenvalue weighted by Gasteiger charge is 2.33. The van der Waals surface area contributed by atoms with Crippen LogP contribution in [0.4, 0.5) is 11.4 Å². The Morgan fingerprint density at radius 3 is 2.91 bits per heavy atom. The number of anilines is 2. The van der Waals surface area contributed by atoms with E-state index in [1.165, 1.54) is 17.5 Å².